The zero-order valence-corrected chi connectivity index (χ0v) is 5.46. The Hall–Kier alpha value is -0.900. The first-order valence-corrected chi connectivity index (χ1v) is 2.59. The Bertz CT molecular complexity index is 184. The molecule has 0 atom stereocenters. The van der Waals surface area contributed by atoms with Crippen LogP contribution < -0.4 is 0 Å². The fraction of sp³-hybridized carbons (Fsp3) is 0.600. The fourth-order valence-electron chi connectivity index (χ4n) is 0.527. The van der Waals surface area contributed by atoms with Crippen LogP contribution >= 0.6 is 0 Å². The summed E-state index contributed by atoms with van der Waals surface area (Å²) < 4.78 is 6.52. The van der Waals surface area contributed by atoms with Crippen molar-refractivity contribution in [2.24, 2.45) is 7.05 Å². The van der Waals surface area contributed by atoms with E-state index in [4.69, 9.17) is 4.74 Å². The van der Waals surface area contributed by atoms with Gasteiger partial charge in [0.1, 0.15) is 6.61 Å². The molecule has 0 spiro atoms. The molecule has 0 amide bonds. The van der Waals surface area contributed by atoms with E-state index in [9.17, 15) is 0 Å². The van der Waals surface area contributed by atoms with Crippen molar-refractivity contribution in [2.45, 2.75) is 6.61 Å². The molecule has 1 aromatic rings. The number of hydrogen-bond donors (Lipinski definition) is 0. The minimum absolute atomic E-state index is 0.493. The summed E-state index contributed by atoms with van der Waals surface area (Å²) in [6.45, 7) is 0.493. The zero-order chi connectivity index (χ0) is 6.69. The van der Waals surface area contributed by atoms with Crippen LogP contribution in [0.1, 0.15) is 5.82 Å². The third-order valence-electron chi connectivity index (χ3n) is 1.02. The Kier molecular flexibility index (Phi) is 1.79. The Morgan fingerprint density at radius 3 is 3.00 bits per heavy atom. The molecule has 0 saturated carbocycles. The van der Waals surface area contributed by atoms with Gasteiger partial charge in [-0.15, -0.1) is 10.2 Å². The highest BCUT2D eigenvalue weighted by molar-refractivity contribution is 4.78. The van der Waals surface area contributed by atoms with Gasteiger partial charge in [0.25, 0.3) is 0 Å². The van der Waals surface area contributed by atoms with Crippen molar-refractivity contribution in [3.8, 4) is 0 Å². The van der Waals surface area contributed by atoms with Crippen LogP contribution in [0.3, 0.4) is 0 Å². The van der Waals surface area contributed by atoms with Gasteiger partial charge in [-0.05, 0) is 0 Å². The molecule has 0 aliphatic rings. The monoisotopic (exact) mass is 126 g/mol. The molecule has 1 radical (unpaired) electrons. The second-order valence-corrected chi connectivity index (χ2v) is 1.71. The van der Waals surface area contributed by atoms with Crippen molar-refractivity contribution in [1.82, 2.24) is 14.8 Å². The summed E-state index contributed by atoms with van der Waals surface area (Å²) in [5, 5.41) is 7.29. The van der Waals surface area contributed by atoms with Gasteiger partial charge in [0.2, 0.25) is 6.33 Å². The molecular formula is C5H8N3O. The van der Waals surface area contributed by atoms with E-state index in [2.05, 4.69) is 16.5 Å². The van der Waals surface area contributed by atoms with E-state index in [1.165, 1.54) is 0 Å². The predicted molar refractivity (Wildman–Crippen MR) is 30.6 cm³/mol. The summed E-state index contributed by atoms with van der Waals surface area (Å²) in [5.41, 5.74) is 0. The van der Waals surface area contributed by atoms with Crippen molar-refractivity contribution in [3.63, 3.8) is 0 Å². The number of ether oxygens (including phenoxy) is 1. The average molecular weight is 126 g/mol. The Labute approximate surface area is 53.5 Å². The Morgan fingerprint density at radius 2 is 2.56 bits per heavy atom. The van der Waals surface area contributed by atoms with E-state index in [1.807, 2.05) is 7.05 Å². The van der Waals surface area contributed by atoms with E-state index in [0.717, 1.165) is 5.82 Å². The Morgan fingerprint density at radius 1 is 1.78 bits per heavy atom. The van der Waals surface area contributed by atoms with Gasteiger partial charge >= 0.3 is 0 Å². The first-order valence-electron chi connectivity index (χ1n) is 2.59. The van der Waals surface area contributed by atoms with Crippen molar-refractivity contribution < 1.29 is 4.74 Å². The van der Waals surface area contributed by atoms with Crippen LogP contribution in [-0.4, -0.2) is 21.9 Å². The lowest BCUT2D eigenvalue weighted by molar-refractivity contribution is 0.175. The van der Waals surface area contributed by atoms with Gasteiger partial charge in [-0.2, -0.15) is 0 Å². The van der Waals surface area contributed by atoms with Crippen LogP contribution in [0.2, 0.25) is 0 Å². The van der Waals surface area contributed by atoms with Crippen molar-refractivity contribution in [3.05, 3.63) is 12.2 Å². The standard InChI is InChI=1S/C5H8N3O/c1-8-4-6-7-5(8)3-9-2/h3H2,1-2H3. The number of aryl methyl sites for hydroxylation is 1. The number of hydrogen-bond acceptors (Lipinski definition) is 3. The van der Waals surface area contributed by atoms with E-state index in [1.54, 1.807) is 11.7 Å². The summed E-state index contributed by atoms with van der Waals surface area (Å²) in [6.07, 6.45) is 2.63. The lowest BCUT2D eigenvalue weighted by Gasteiger charge is -1.94. The third kappa shape index (κ3) is 1.26. The third-order valence-corrected chi connectivity index (χ3v) is 1.02. The fourth-order valence-corrected chi connectivity index (χ4v) is 0.527. The van der Waals surface area contributed by atoms with Crippen molar-refractivity contribution in [1.29, 1.82) is 0 Å². The van der Waals surface area contributed by atoms with Gasteiger partial charge in [-0.25, -0.2) is 0 Å². The molecule has 4 nitrogen and oxygen atoms in total. The van der Waals surface area contributed by atoms with Gasteiger partial charge in [0, 0.05) is 14.2 Å². The number of methoxy groups -OCH3 is 1. The molecule has 0 saturated heterocycles. The largest absolute Gasteiger partial charge is 0.377 e. The maximum atomic E-state index is 4.82. The molecule has 49 valence electrons. The quantitative estimate of drug-likeness (QED) is 0.549. The van der Waals surface area contributed by atoms with Crippen LogP contribution in [0.5, 0.6) is 0 Å². The highest BCUT2D eigenvalue weighted by atomic mass is 16.5. The summed E-state index contributed by atoms with van der Waals surface area (Å²) in [6, 6.07) is 0. The maximum Gasteiger partial charge on any atom is 0.201 e. The predicted octanol–water partition coefficient (Wildman–Crippen LogP) is -0.238. The van der Waals surface area contributed by atoms with E-state index < -0.39 is 0 Å². The van der Waals surface area contributed by atoms with Crippen molar-refractivity contribution >= 4 is 0 Å². The number of nitrogens with zero attached hydrogens (tertiary/aromatic N) is 3. The SMILES string of the molecule is COCc1nn[c]n1C. The smallest absolute Gasteiger partial charge is 0.201 e. The summed E-state index contributed by atoms with van der Waals surface area (Å²) in [5.74, 6) is 0.789. The minimum Gasteiger partial charge on any atom is -0.377 e. The van der Waals surface area contributed by atoms with Crippen molar-refractivity contribution in [2.75, 3.05) is 7.11 Å². The van der Waals surface area contributed by atoms with Crippen LogP contribution in [0.4, 0.5) is 0 Å². The van der Waals surface area contributed by atoms with Crippen LogP contribution in [0.25, 0.3) is 0 Å². The minimum atomic E-state index is 0.493. The molecule has 1 rings (SSSR count). The Balaban J connectivity index is 2.69. The molecular weight excluding hydrogens is 118 g/mol. The maximum absolute atomic E-state index is 4.82. The van der Waals surface area contributed by atoms with Gasteiger partial charge in [0.05, 0.1) is 0 Å². The highest BCUT2D eigenvalue weighted by Crippen LogP contribution is 1.90. The van der Waals surface area contributed by atoms with E-state index in [0.29, 0.717) is 6.61 Å². The second kappa shape index (κ2) is 2.59. The number of rotatable bonds is 2. The van der Waals surface area contributed by atoms with Gasteiger partial charge in [-0.1, -0.05) is 0 Å². The van der Waals surface area contributed by atoms with Crippen LogP contribution in [0.15, 0.2) is 0 Å². The molecule has 0 bridgehead atoms. The highest BCUT2D eigenvalue weighted by Gasteiger charge is 1.96. The second-order valence-electron chi connectivity index (χ2n) is 1.71. The molecule has 0 aromatic carbocycles. The summed E-state index contributed by atoms with van der Waals surface area (Å²) in [7, 11) is 3.45. The van der Waals surface area contributed by atoms with Gasteiger partial charge in [-0.3, -0.25) is 0 Å². The molecule has 4 heteroatoms. The van der Waals surface area contributed by atoms with E-state index in [-0.39, 0.29) is 0 Å². The van der Waals surface area contributed by atoms with E-state index >= 15 is 0 Å². The molecule has 9 heavy (non-hydrogen) atoms. The normalized spacial score (nSPS) is 10.0. The van der Waals surface area contributed by atoms with Crippen LogP contribution in [0, 0.1) is 6.33 Å². The first-order chi connectivity index (χ1) is 4.34. The number of aromatic nitrogens is 3. The average Bonchev–Trinajstić information content (AvgIpc) is 2.18. The topological polar surface area (TPSA) is 39.9 Å². The molecule has 0 N–H and O–H groups in total. The molecule has 0 aliphatic carbocycles. The summed E-state index contributed by atoms with van der Waals surface area (Å²) in [4.78, 5) is 0. The molecule has 0 unspecified atom stereocenters. The molecule has 1 heterocycles. The molecule has 1 aromatic heterocycles. The van der Waals surface area contributed by atoms with Crippen LogP contribution in [-0.2, 0) is 18.4 Å². The zero-order valence-electron chi connectivity index (χ0n) is 5.46. The first kappa shape index (κ1) is 6.22. The molecule has 0 aliphatic heterocycles. The van der Waals surface area contributed by atoms with Gasteiger partial charge < -0.3 is 9.30 Å². The van der Waals surface area contributed by atoms with Gasteiger partial charge in [0.15, 0.2) is 5.82 Å². The lowest BCUT2D eigenvalue weighted by atomic mass is 10.6. The summed E-state index contributed by atoms with van der Waals surface area (Å²) >= 11 is 0. The molecule has 0 fully saturated rings. The lowest BCUT2D eigenvalue weighted by Crippen LogP contribution is -1.97.